The molecular formula is C12H25NO. The lowest BCUT2D eigenvalue weighted by Crippen LogP contribution is -2.48. The first-order valence-electron chi connectivity index (χ1n) is 6.00. The molecule has 0 radical (unpaired) electrons. The summed E-state index contributed by atoms with van der Waals surface area (Å²) in [6, 6.07) is 0.227. The average molecular weight is 199 g/mol. The first-order valence-corrected chi connectivity index (χ1v) is 6.00. The summed E-state index contributed by atoms with van der Waals surface area (Å²) in [7, 11) is 0. The van der Waals surface area contributed by atoms with Crippen LogP contribution in [0.3, 0.4) is 0 Å². The molecule has 0 aromatic heterocycles. The zero-order chi connectivity index (χ0) is 10.6. The Morgan fingerprint density at radius 2 is 1.86 bits per heavy atom. The van der Waals surface area contributed by atoms with E-state index >= 15 is 0 Å². The number of hydrogen-bond acceptors (Lipinski definition) is 2. The van der Waals surface area contributed by atoms with Gasteiger partial charge in [0.15, 0.2) is 0 Å². The van der Waals surface area contributed by atoms with Gasteiger partial charge >= 0.3 is 0 Å². The van der Waals surface area contributed by atoms with Gasteiger partial charge < -0.3 is 10.5 Å². The molecule has 1 aliphatic rings. The zero-order valence-electron chi connectivity index (χ0n) is 9.88. The lowest BCUT2D eigenvalue weighted by Gasteiger charge is -2.36. The van der Waals surface area contributed by atoms with Gasteiger partial charge in [-0.15, -0.1) is 0 Å². The lowest BCUT2D eigenvalue weighted by molar-refractivity contribution is -0.0564. The first-order chi connectivity index (χ1) is 6.60. The second kappa shape index (κ2) is 5.13. The third-order valence-corrected chi connectivity index (χ3v) is 3.28. The Morgan fingerprint density at radius 1 is 1.29 bits per heavy atom. The Labute approximate surface area is 88.2 Å². The van der Waals surface area contributed by atoms with Crippen molar-refractivity contribution < 1.29 is 4.74 Å². The molecule has 2 heteroatoms. The fourth-order valence-electron chi connectivity index (χ4n) is 2.61. The van der Waals surface area contributed by atoms with Crippen molar-refractivity contribution >= 4 is 0 Å². The van der Waals surface area contributed by atoms with Crippen LogP contribution in [0.2, 0.25) is 0 Å². The molecule has 1 rings (SSSR count). The molecule has 1 atom stereocenters. The van der Waals surface area contributed by atoms with Gasteiger partial charge in [-0.1, -0.05) is 26.7 Å². The van der Waals surface area contributed by atoms with Crippen LogP contribution < -0.4 is 5.73 Å². The van der Waals surface area contributed by atoms with E-state index < -0.39 is 0 Å². The molecule has 1 unspecified atom stereocenters. The van der Waals surface area contributed by atoms with Gasteiger partial charge in [0.05, 0.1) is 5.60 Å². The monoisotopic (exact) mass is 199 g/mol. The Hall–Kier alpha value is -0.0800. The van der Waals surface area contributed by atoms with Crippen LogP contribution in [-0.2, 0) is 4.74 Å². The van der Waals surface area contributed by atoms with E-state index in [1.165, 1.54) is 12.8 Å². The van der Waals surface area contributed by atoms with Crippen LogP contribution in [0.1, 0.15) is 52.9 Å². The highest BCUT2D eigenvalue weighted by atomic mass is 16.5. The van der Waals surface area contributed by atoms with Crippen molar-refractivity contribution in [3.8, 4) is 0 Å². The van der Waals surface area contributed by atoms with Crippen LogP contribution in [0, 0.1) is 5.92 Å². The molecule has 84 valence electrons. The van der Waals surface area contributed by atoms with Crippen LogP contribution in [0.4, 0.5) is 0 Å². The molecule has 0 saturated heterocycles. The van der Waals surface area contributed by atoms with Crippen LogP contribution in [0.15, 0.2) is 0 Å². The Bertz CT molecular complexity index is 162. The molecular weight excluding hydrogens is 174 g/mol. The molecule has 0 aliphatic heterocycles. The van der Waals surface area contributed by atoms with Gasteiger partial charge in [0.25, 0.3) is 0 Å². The molecule has 14 heavy (non-hydrogen) atoms. The van der Waals surface area contributed by atoms with E-state index in [0.717, 1.165) is 25.9 Å². The fraction of sp³-hybridized carbons (Fsp3) is 1.00. The summed E-state index contributed by atoms with van der Waals surface area (Å²) in [6.45, 7) is 7.33. The average Bonchev–Trinajstić information content (AvgIpc) is 2.53. The van der Waals surface area contributed by atoms with Crippen molar-refractivity contribution in [2.45, 2.75) is 64.5 Å². The van der Waals surface area contributed by atoms with E-state index in [4.69, 9.17) is 10.5 Å². The maximum absolute atomic E-state index is 6.28. The highest BCUT2D eigenvalue weighted by Gasteiger charge is 2.40. The predicted molar refractivity (Wildman–Crippen MR) is 60.3 cm³/mol. The first kappa shape index (κ1) is 12.0. The molecule has 0 aromatic carbocycles. The molecule has 2 N–H and O–H groups in total. The van der Waals surface area contributed by atoms with E-state index in [2.05, 4.69) is 20.8 Å². The van der Waals surface area contributed by atoms with Crippen molar-refractivity contribution in [2.24, 2.45) is 11.7 Å². The van der Waals surface area contributed by atoms with Crippen LogP contribution in [0.25, 0.3) is 0 Å². The second-order valence-electron chi connectivity index (χ2n) is 4.94. The molecule has 1 saturated carbocycles. The Kier molecular flexibility index (Phi) is 4.39. The molecule has 2 nitrogen and oxygen atoms in total. The summed E-state index contributed by atoms with van der Waals surface area (Å²) in [6.07, 6.45) is 5.97. The summed E-state index contributed by atoms with van der Waals surface area (Å²) >= 11 is 0. The van der Waals surface area contributed by atoms with Crippen molar-refractivity contribution in [2.75, 3.05) is 6.61 Å². The Morgan fingerprint density at radius 3 is 2.29 bits per heavy atom. The summed E-state index contributed by atoms with van der Waals surface area (Å²) in [5.41, 5.74) is 6.29. The third kappa shape index (κ3) is 2.71. The molecule has 0 heterocycles. The quantitative estimate of drug-likeness (QED) is 0.739. The fourth-order valence-corrected chi connectivity index (χ4v) is 2.61. The van der Waals surface area contributed by atoms with Gasteiger partial charge in [-0.25, -0.2) is 0 Å². The van der Waals surface area contributed by atoms with E-state index in [-0.39, 0.29) is 11.6 Å². The number of nitrogens with two attached hydrogens (primary N) is 1. The summed E-state index contributed by atoms with van der Waals surface area (Å²) in [5, 5.41) is 0. The van der Waals surface area contributed by atoms with Gasteiger partial charge in [0, 0.05) is 12.6 Å². The minimum atomic E-state index is 0.0129. The smallest absolute Gasteiger partial charge is 0.0832 e. The van der Waals surface area contributed by atoms with Gasteiger partial charge in [0.2, 0.25) is 0 Å². The van der Waals surface area contributed by atoms with Crippen molar-refractivity contribution in [1.29, 1.82) is 0 Å². The van der Waals surface area contributed by atoms with Gasteiger partial charge in [-0.05, 0) is 32.1 Å². The maximum atomic E-state index is 6.28. The van der Waals surface area contributed by atoms with Crippen molar-refractivity contribution in [3.63, 3.8) is 0 Å². The minimum Gasteiger partial charge on any atom is -0.374 e. The van der Waals surface area contributed by atoms with Crippen LogP contribution in [-0.4, -0.2) is 18.2 Å². The topological polar surface area (TPSA) is 35.2 Å². The molecule has 0 spiro atoms. The lowest BCUT2D eigenvalue weighted by atomic mass is 9.87. The largest absolute Gasteiger partial charge is 0.374 e. The molecule has 0 amide bonds. The van der Waals surface area contributed by atoms with Crippen molar-refractivity contribution in [3.05, 3.63) is 0 Å². The summed E-state index contributed by atoms with van der Waals surface area (Å²) < 4.78 is 5.93. The van der Waals surface area contributed by atoms with Gasteiger partial charge in [-0.3, -0.25) is 0 Å². The third-order valence-electron chi connectivity index (χ3n) is 3.28. The van der Waals surface area contributed by atoms with Gasteiger partial charge in [0.1, 0.15) is 0 Å². The zero-order valence-corrected chi connectivity index (χ0v) is 9.88. The summed E-state index contributed by atoms with van der Waals surface area (Å²) in [4.78, 5) is 0. The molecule has 1 fully saturated rings. The van der Waals surface area contributed by atoms with Crippen LogP contribution in [0.5, 0.6) is 0 Å². The normalized spacial score (nSPS) is 22.9. The van der Waals surface area contributed by atoms with E-state index in [0.29, 0.717) is 5.92 Å². The van der Waals surface area contributed by atoms with Crippen LogP contribution >= 0.6 is 0 Å². The number of ether oxygens (including phenoxy) is 1. The van der Waals surface area contributed by atoms with Crippen molar-refractivity contribution in [1.82, 2.24) is 0 Å². The highest BCUT2D eigenvalue weighted by Crippen LogP contribution is 2.37. The van der Waals surface area contributed by atoms with E-state index in [1.807, 2.05) is 0 Å². The predicted octanol–water partition coefficient (Wildman–Crippen LogP) is 2.71. The van der Waals surface area contributed by atoms with E-state index in [1.54, 1.807) is 0 Å². The van der Waals surface area contributed by atoms with E-state index in [9.17, 15) is 0 Å². The summed E-state index contributed by atoms with van der Waals surface area (Å²) in [5.74, 6) is 0.669. The molecule has 1 aliphatic carbocycles. The highest BCUT2D eigenvalue weighted by molar-refractivity contribution is 4.95. The Balaban J connectivity index is 2.56. The number of rotatable bonds is 5. The molecule has 0 bridgehead atoms. The maximum Gasteiger partial charge on any atom is 0.0832 e. The SMILES string of the molecule is CCOC1(C(N)CC(C)C)CCCC1. The molecule has 0 aromatic rings. The van der Waals surface area contributed by atoms with Gasteiger partial charge in [-0.2, -0.15) is 0 Å². The second-order valence-corrected chi connectivity index (χ2v) is 4.94. The number of hydrogen-bond donors (Lipinski definition) is 1. The minimum absolute atomic E-state index is 0.0129. The standard InChI is InChI=1S/C12H25NO/c1-4-14-12(7-5-6-8-12)11(13)9-10(2)3/h10-11H,4-9,13H2,1-3H3.